The second-order valence-electron chi connectivity index (χ2n) is 10.7. The molecule has 2 unspecified atom stereocenters. The molecule has 0 spiro atoms. The van der Waals surface area contributed by atoms with Crippen molar-refractivity contribution in [2.45, 2.75) is 100 Å². The second-order valence-corrected chi connectivity index (χ2v) is 10.7. The van der Waals surface area contributed by atoms with Crippen LogP contribution < -0.4 is 0 Å². The maximum absolute atomic E-state index is 8.80. The second kappa shape index (κ2) is 13.0. The van der Waals surface area contributed by atoms with Gasteiger partial charge >= 0.3 is 0 Å². The van der Waals surface area contributed by atoms with Crippen molar-refractivity contribution in [3.8, 4) is 6.07 Å². The third-order valence-corrected chi connectivity index (χ3v) is 7.77. The van der Waals surface area contributed by atoms with Gasteiger partial charge in [-0.05, 0) is 124 Å². The van der Waals surface area contributed by atoms with Gasteiger partial charge in [-0.15, -0.1) is 0 Å². The van der Waals surface area contributed by atoms with E-state index in [1.54, 1.807) is 11.1 Å². The summed E-state index contributed by atoms with van der Waals surface area (Å²) in [5.41, 5.74) is 9.32. The quantitative estimate of drug-likeness (QED) is 0.347. The van der Waals surface area contributed by atoms with E-state index in [9.17, 15) is 0 Å². The van der Waals surface area contributed by atoms with Gasteiger partial charge in [0.25, 0.3) is 0 Å². The van der Waals surface area contributed by atoms with Gasteiger partial charge in [0, 0.05) is 0 Å². The van der Waals surface area contributed by atoms with Crippen molar-refractivity contribution in [1.29, 1.82) is 5.26 Å². The van der Waals surface area contributed by atoms with Crippen molar-refractivity contribution in [2.24, 2.45) is 23.7 Å². The third-order valence-electron chi connectivity index (χ3n) is 7.77. The molecule has 2 aliphatic rings. The molecule has 1 heteroatoms. The van der Waals surface area contributed by atoms with Crippen LogP contribution in [0.25, 0.3) is 0 Å². The van der Waals surface area contributed by atoms with E-state index in [1.807, 2.05) is 12.1 Å². The summed E-state index contributed by atoms with van der Waals surface area (Å²) in [6.07, 6.45) is 16.1. The van der Waals surface area contributed by atoms with E-state index in [-0.39, 0.29) is 0 Å². The summed E-state index contributed by atoms with van der Waals surface area (Å²) >= 11 is 0. The summed E-state index contributed by atoms with van der Waals surface area (Å²) in [4.78, 5) is 0. The summed E-state index contributed by atoms with van der Waals surface area (Å²) in [5.74, 6) is 3.52. The van der Waals surface area contributed by atoms with Crippen molar-refractivity contribution >= 4 is 0 Å². The lowest BCUT2D eigenvalue weighted by molar-refractivity contribution is 0.243. The van der Waals surface area contributed by atoms with E-state index in [2.05, 4.69) is 79.7 Å². The van der Waals surface area contributed by atoms with E-state index >= 15 is 0 Å². The topological polar surface area (TPSA) is 23.8 Å². The maximum atomic E-state index is 8.80. The fourth-order valence-electron chi connectivity index (χ4n) is 4.78. The van der Waals surface area contributed by atoms with E-state index < -0.39 is 0 Å². The molecule has 1 aromatic carbocycles. The first-order valence-electron chi connectivity index (χ1n) is 13.2. The Hall–Kier alpha value is -2.07. The molecule has 0 N–H and O–H groups in total. The van der Waals surface area contributed by atoms with Gasteiger partial charge in [0.05, 0.1) is 11.6 Å². The molecule has 1 nitrogen and oxygen atoms in total. The smallest absolute Gasteiger partial charge is 0.0991 e. The van der Waals surface area contributed by atoms with Gasteiger partial charge in [-0.25, -0.2) is 0 Å². The fraction of sp³-hybridized carbons (Fsp3) is 0.594. The van der Waals surface area contributed by atoms with Crippen molar-refractivity contribution in [3.05, 3.63) is 69.3 Å². The first-order chi connectivity index (χ1) is 15.7. The molecule has 0 bridgehead atoms. The van der Waals surface area contributed by atoms with Crippen LogP contribution in [0.5, 0.6) is 0 Å². The molecule has 0 aliphatic heterocycles. The monoisotopic (exact) mass is 445 g/mol. The zero-order valence-electron chi connectivity index (χ0n) is 22.6. The normalized spacial score (nSPS) is 17.8. The maximum Gasteiger partial charge on any atom is 0.0991 e. The molecule has 180 valence electrons. The summed E-state index contributed by atoms with van der Waals surface area (Å²) in [6.45, 7) is 18.1. The number of hydrogen-bond acceptors (Lipinski definition) is 1. The number of hydrogen-bond donors (Lipinski definition) is 0. The minimum absolute atomic E-state index is 0.784. The summed E-state index contributed by atoms with van der Waals surface area (Å²) in [6, 6.07) is 6.15. The molecule has 2 fully saturated rings. The predicted octanol–water partition coefficient (Wildman–Crippen LogP) is 9.44. The molecule has 0 amide bonds. The molecule has 1 aromatic rings. The molecule has 2 saturated carbocycles. The van der Waals surface area contributed by atoms with Crippen LogP contribution in [0, 0.1) is 48.9 Å². The number of rotatable bonds is 9. The zero-order chi connectivity index (χ0) is 24.5. The Morgan fingerprint density at radius 1 is 1.15 bits per heavy atom. The molecule has 33 heavy (non-hydrogen) atoms. The Kier molecular flexibility index (Phi) is 10.7. The standard InChI is InChI=1S/C20H32.C12H15N/c1-6-15(4)19(10-9-17-7-8-17)13-20(14(2)3)16(5)18-11-12-18;1-4-5-12-7-11(8-13)6-9(2)10(12)3/h6,9-10,14,16,18,20H,7-8,11-13H2,1-5H3;6-7H,4-5H2,1-3H3/b15-6-,19-10-;. The van der Waals surface area contributed by atoms with Gasteiger partial charge in [-0.1, -0.05) is 63.5 Å². The lowest BCUT2D eigenvalue weighted by Crippen LogP contribution is -2.20. The SMILES string of the molecule is C/C=C(C)\C(=C/C=C1CC1)CC(C(C)C)C(C)C1CC1.CCCc1cc(C#N)cc(C)c1C. The first kappa shape index (κ1) is 27.2. The van der Waals surface area contributed by atoms with Gasteiger partial charge in [0.15, 0.2) is 0 Å². The Balaban J connectivity index is 0.000000257. The number of aryl methyl sites for hydroxylation is 2. The Labute approximate surface area is 204 Å². The van der Waals surface area contributed by atoms with Crippen LogP contribution in [0.4, 0.5) is 0 Å². The molecular formula is C32H47N. The molecule has 0 aromatic heterocycles. The molecule has 0 radical (unpaired) electrons. The average molecular weight is 446 g/mol. The minimum atomic E-state index is 0.784. The highest BCUT2D eigenvalue weighted by molar-refractivity contribution is 5.42. The van der Waals surface area contributed by atoms with Gasteiger partial charge in [-0.2, -0.15) is 5.26 Å². The zero-order valence-corrected chi connectivity index (χ0v) is 22.6. The van der Waals surface area contributed by atoms with Crippen LogP contribution in [0.2, 0.25) is 0 Å². The summed E-state index contributed by atoms with van der Waals surface area (Å²) in [7, 11) is 0. The molecule has 0 heterocycles. The lowest BCUT2D eigenvalue weighted by Gasteiger charge is -2.29. The summed E-state index contributed by atoms with van der Waals surface area (Å²) < 4.78 is 0. The van der Waals surface area contributed by atoms with Crippen molar-refractivity contribution in [3.63, 3.8) is 0 Å². The van der Waals surface area contributed by atoms with Crippen LogP contribution >= 0.6 is 0 Å². The van der Waals surface area contributed by atoms with Gasteiger partial charge in [0.1, 0.15) is 0 Å². The molecule has 2 atom stereocenters. The van der Waals surface area contributed by atoms with Crippen molar-refractivity contribution in [2.75, 3.05) is 0 Å². The Morgan fingerprint density at radius 2 is 1.82 bits per heavy atom. The van der Waals surface area contributed by atoms with Crippen LogP contribution in [0.3, 0.4) is 0 Å². The molecule has 0 saturated heterocycles. The van der Waals surface area contributed by atoms with Crippen molar-refractivity contribution in [1.82, 2.24) is 0 Å². The highest BCUT2D eigenvalue weighted by Crippen LogP contribution is 2.44. The van der Waals surface area contributed by atoms with Gasteiger partial charge in [0.2, 0.25) is 0 Å². The molecule has 3 rings (SSSR count). The average Bonchev–Trinajstić information content (AvgIpc) is 3.70. The number of nitriles is 1. The van der Waals surface area contributed by atoms with E-state index in [4.69, 9.17) is 5.26 Å². The van der Waals surface area contributed by atoms with E-state index in [0.717, 1.165) is 42.1 Å². The van der Waals surface area contributed by atoms with Crippen LogP contribution in [-0.4, -0.2) is 0 Å². The third kappa shape index (κ3) is 8.66. The number of nitrogens with zero attached hydrogens (tertiary/aromatic N) is 1. The van der Waals surface area contributed by atoms with Gasteiger partial charge in [-0.3, -0.25) is 0 Å². The minimum Gasteiger partial charge on any atom is -0.192 e. The van der Waals surface area contributed by atoms with E-state index in [0.29, 0.717) is 0 Å². The van der Waals surface area contributed by atoms with Crippen LogP contribution in [0.1, 0.15) is 102 Å². The number of benzene rings is 1. The largest absolute Gasteiger partial charge is 0.192 e. The van der Waals surface area contributed by atoms with Crippen molar-refractivity contribution < 1.29 is 0 Å². The number of allylic oxidation sites excluding steroid dienone is 6. The van der Waals surface area contributed by atoms with Crippen LogP contribution in [0.15, 0.2) is 47.1 Å². The molecule has 2 aliphatic carbocycles. The Morgan fingerprint density at radius 3 is 2.30 bits per heavy atom. The lowest BCUT2D eigenvalue weighted by atomic mass is 9.76. The highest BCUT2D eigenvalue weighted by Gasteiger charge is 2.34. The predicted molar refractivity (Wildman–Crippen MR) is 144 cm³/mol. The van der Waals surface area contributed by atoms with Gasteiger partial charge < -0.3 is 0 Å². The highest BCUT2D eigenvalue weighted by atomic mass is 14.4. The van der Waals surface area contributed by atoms with Crippen LogP contribution in [-0.2, 0) is 6.42 Å². The Bertz CT molecular complexity index is 909. The fourth-order valence-corrected chi connectivity index (χ4v) is 4.78. The van der Waals surface area contributed by atoms with E-state index in [1.165, 1.54) is 54.4 Å². The first-order valence-corrected chi connectivity index (χ1v) is 13.2. The molecular weight excluding hydrogens is 398 g/mol. The summed E-state index contributed by atoms with van der Waals surface area (Å²) in [5, 5.41) is 8.80.